The van der Waals surface area contributed by atoms with Gasteiger partial charge in [-0.3, -0.25) is 0 Å². The second-order valence-corrected chi connectivity index (χ2v) is 1.84. The highest BCUT2D eigenvalue weighted by Gasteiger charge is 2.62. The molecule has 0 saturated carbocycles. The molecule has 2 nitrogen and oxygen atoms in total. The van der Waals surface area contributed by atoms with E-state index in [1.807, 2.05) is 0 Å². The van der Waals surface area contributed by atoms with Gasteiger partial charge in [0.2, 0.25) is 0 Å². The predicted molar refractivity (Wildman–Crippen MR) is 21.3 cm³/mol. The fourth-order valence-corrected chi connectivity index (χ4v) is 0.453. The molecule has 1 radical (unpaired) electrons. The smallest absolute Gasteiger partial charge is 0.246 e. The second-order valence-electron chi connectivity index (χ2n) is 1.84. The van der Waals surface area contributed by atoms with Crippen LogP contribution in [0.1, 0.15) is 0 Å². The molecular weight excluding hydrogens is 194 g/mol. The normalized spacial score (nSPS) is 13.6. The van der Waals surface area contributed by atoms with Crippen LogP contribution in [0.2, 0.25) is 0 Å². The molecule has 12 heavy (non-hydrogen) atoms. The van der Waals surface area contributed by atoms with Crippen molar-refractivity contribution in [1.82, 2.24) is 0 Å². The molecule has 0 bridgehead atoms. The maximum absolute atomic E-state index is 11.3. The number of carbonyl (C=O) groups excluding carboxylic acids is 1. The Hall–Kier alpha value is -0.950. The lowest BCUT2D eigenvalue weighted by molar-refractivity contribution is -0.282. The molecule has 71 valence electrons. The van der Waals surface area contributed by atoms with Crippen LogP contribution in [0.25, 0.3) is 0 Å². The lowest BCUT2D eigenvalue weighted by Gasteiger charge is -2.17. The van der Waals surface area contributed by atoms with Crippen LogP contribution < -0.4 is 0 Å². The van der Waals surface area contributed by atoms with E-state index in [1.54, 1.807) is 0 Å². The summed E-state index contributed by atoms with van der Waals surface area (Å²) in [7, 11) is 0. The highest BCUT2D eigenvalue weighted by atomic mass is 19.4. The van der Waals surface area contributed by atoms with Crippen molar-refractivity contribution >= 4 is 5.97 Å². The number of alkyl halides is 6. The van der Waals surface area contributed by atoms with Crippen molar-refractivity contribution in [2.24, 2.45) is 5.92 Å². The monoisotopic (exact) mass is 195 g/mol. The van der Waals surface area contributed by atoms with Crippen molar-refractivity contribution in [3.05, 3.63) is 0 Å². The fourth-order valence-electron chi connectivity index (χ4n) is 0.453. The van der Waals surface area contributed by atoms with Crippen molar-refractivity contribution in [3.8, 4) is 0 Å². The lowest BCUT2D eigenvalue weighted by atomic mass is 10.1. The van der Waals surface area contributed by atoms with Crippen LogP contribution >= 0.6 is 0 Å². The van der Waals surface area contributed by atoms with Gasteiger partial charge in [0, 0.05) is 0 Å². The Balaban J connectivity index is 4.82. The summed E-state index contributed by atoms with van der Waals surface area (Å²) in [6.45, 7) is 0. The number of hydrogen-bond donors (Lipinski definition) is 0. The first kappa shape index (κ1) is 11.0. The number of carbonyl (C=O) groups is 1. The van der Waals surface area contributed by atoms with Gasteiger partial charge in [-0.25, -0.2) is 9.90 Å². The van der Waals surface area contributed by atoms with E-state index in [0.717, 1.165) is 0 Å². The third-order valence-electron chi connectivity index (χ3n) is 0.890. The third-order valence-corrected chi connectivity index (χ3v) is 0.890. The Morgan fingerprint density at radius 2 is 1.17 bits per heavy atom. The van der Waals surface area contributed by atoms with Gasteiger partial charge in [-0.05, 0) is 0 Å². The van der Waals surface area contributed by atoms with Gasteiger partial charge in [0.1, 0.15) is 0 Å². The minimum Gasteiger partial charge on any atom is -0.246 e. The van der Waals surface area contributed by atoms with E-state index in [9.17, 15) is 36.2 Å². The minimum absolute atomic E-state index is 3.20. The molecule has 0 unspecified atom stereocenters. The lowest BCUT2D eigenvalue weighted by Crippen LogP contribution is -2.41. The largest absolute Gasteiger partial charge is 0.411 e. The SMILES string of the molecule is [O]C(=O)C(C(F)(F)F)C(F)(F)F. The Kier molecular flexibility index (Phi) is 2.61. The van der Waals surface area contributed by atoms with Crippen LogP contribution in [0.4, 0.5) is 26.3 Å². The second kappa shape index (κ2) is 2.83. The van der Waals surface area contributed by atoms with E-state index >= 15 is 0 Å². The molecule has 0 rings (SSSR count). The van der Waals surface area contributed by atoms with Crippen LogP contribution in [0, 0.1) is 5.92 Å². The van der Waals surface area contributed by atoms with Crippen molar-refractivity contribution in [2.45, 2.75) is 12.4 Å². The summed E-state index contributed by atoms with van der Waals surface area (Å²) in [5.41, 5.74) is 0. The minimum atomic E-state index is -5.86. The molecule has 0 aromatic heterocycles. The zero-order valence-corrected chi connectivity index (χ0v) is 5.16. The molecule has 0 N–H and O–H groups in total. The Morgan fingerprint density at radius 3 is 1.17 bits per heavy atom. The maximum Gasteiger partial charge on any atom is 0.411 e. The average molecular weight is 195 g/mol. The summed E-state index contributed by atoms with van der Waals surface area (Å²) in [4.78, 5) is 9.44. The first-order chi connectivity index (χ1) is 5.07. The topological polar surface area (TPSA) is 37.0 Å². The van der Waals surface area contributed by atoms with Crippen LogP contribution in [0.15, 0.2) is 0 Å². The van der Waals surface area contributed by atoms with Crippen LogP contribution in [-0.4, -0.2) is 18.3 Å². The quantitative estimate of drug-likeness (QED) is 0.586. The molecule has 0 heterocycles. The van der Waals surface area contributed by atoms with E-state index < -0.39 is 24.2 Å². The van der Waals surface area contributed by atoms with Gasteiger partial charge >= 0.3 is 18.3 Å². The highest BCUT2D eigenvalue weighted by molar-refractivity contribution is 5.71. The molecule has 0 aromatic carbocycles. The van der Waals surface area contributed by atoms with Gasteiger partial charge < -0.3 is 0 Å². The van der Waals surface area contributed by atoms with E-state index in [0.29, 0.717) is 0 Å². The van der Waals surface area contributed by atoms with Crippen molar-refractivity contribution in [1.29, 1.82) is 0 Å². The Labute approximate surface area is 61.8 Å². The third kappa shape index (κ3) is 2.59. The van der Waals surface area contributed by atoms with Crippen LogP contribution in [0.3, 0.4) is 0 Å². The van der Waals surface area contributed by atoms with Crippen molar-refractivity contribution in [2.75, 3.05) is 0 Å². The number of rotatable bonds is 1. The summed E-state index contributed by atoms with van der Waals surface area (Å²) < 4.78 is 68.0. The number of hydrogen-bond acceptors (Lipinski definition) is 1. The van der Waals surface area contributed by atoms with Gasteiger partial charge in [-0.2, -0.15) is 26.3 Å². The van der Waals surface area contributed by atoms with E-state index in [2.05, 4.69) is 0 Å². The fraction of sp³-hybridized carbons (Fsp3) is 0.750. The molecule has 0 atom stereocenters. The summed E-state index contributed by atoms with van der Waals surface area (Å²) in [6, 6.07) is 0. The molecule has 8 heteroatoms. The van der Waals surface area contributed by atoms with Gasteiger partial charge in [0.25, 0.3) is 5.92 Å². The molecule has 0 aliphatic carbocycles. The molecular formula is C4HF6O2. The van der Waals surface area contributed by atoms with Gasteiger partial charge in [0.15, 0.2) is 0 Å². The highest BCUT2D eigenvalue weighted by Crippen LogP contribution is 2.39. The molecule has 0 spiro atoms. The van der Waals surface area contributed by atoms with Gasteiger partial charge in [-0.1, -0.05) is 0 Å². The Bertz CT molecular complexity index is 165. The molecule has 0 amide bonds. The molecule has 0 aliphatic rings. The standard InChI is InChI=1S/C4HF6O2/c5-3(6,7)1(2(11)12)4(8,9)10/h1H. The molecule has 0 fully saturated rings. The maximum atomic E-state index is 11.3. The van der Waals surface area contributed by atoms with E-state index in [-0.39, 0.29) is 0 Å². The summed E-state index contributed by atoms with van der Waals surface area (Å²) in [6.07, 6.45) is -11.7. The predicted octanol–water partition coefficient (Wildman–Crippen LogP) is 1.68. The van der Waals surface area contributed by atoms with Crippen molar-refractivity contribution < 1.29 is 36.2 Å². The van der Waals surface area contributed by atoms with E-state index in [4.69, 9.17) is 0 Å². The van der Waals surface area contributed by atoms with Gasteiger partial charge in [0.05, 0.1) is 0 Å². The Morgan fingerprint density at radius 1 is 0.917 bits per heavy atom. The van der Waals surface area contributed by atoms with Gasteiger partial charge in [-0.15, -0.1) is 0 Å². The molecule has 0 saturated heterocycles. The summed E-state index contributed by atoms with van der Waals surface area (Å²) in [5.74, 6) is -7.61. The zero-order chi connectivity index (χ0) is 10.2. The summed E-state index contributed by atoms with van der Waals surface area (Å²) >= 11 is 0. The molecule has 0 aromatic rings. The zero-order valence-electron chi connectivity index (χ0n) is 5.16. The first-order valence-electron chi connectivity index (χ1n) is 2.41. The number of halogens is 6. The average Bonchev–Trinajstić information content (AvgIpc) is 1.49. The van der Waals surface area contributed by atoms with Crippen molar-refractivity contribution in [3.63, 3.8) is 0 Å². The summed E-state index contributed by atoms with van der Waals surface area (Å²) in [5, 5.41) is 9.44. The molecule has 0 aliphatic heterocycles. The van der Waals surface area contributed by atoms with E-state index in [1.165, 1.54) is 0 Å². The van der Waals surface area contributed by atoms with Crippen LogP contribution in [-0.2, 0) is 9.90 Å². The van der Waals surface area contributed by atoms with Crippen LogP contribution in [0.5, 0.6) is 0 Å². The first-order valence-corrected chi connectivity index (χ1v) is 2.41.